The molecule has 0 bridgehead atoms. The number of anilines is 1. The molecule has 0 radical (unpaired) electrons. The average molecular weight is 446 g/mol. The summed E-state index contributed by atoms with van der Waals surface area (Å²) in [7, 11) is 3.94. The Hall–Kier alpha value is -4.09. The lowest BCUT2D eigenvalue weighted by Gasteiger charge is -2.36. The second-order valence-corrected chi connectivity index (χ2v) is 6.85. The van der Waals surface area contributed by atoms with Crippen molar-refractivity contribution in [1.29, 1.82) is 0 Å². The molecule has 12 nitrogen and oxygen atoms in total. The van der Waals surface area contributed by atoms with Crippen LogP contribution >= 0.6 is 0 Å². The van der Waals surface area contributed by atoms with Crippen LogP contribution < -0.4 is 19.1 Å². The van der Waals surface area contributed by atoms with Gasteiger partial charge in [-0.1, -0.05) is 0 Å². The van der Waals surface area contributed by atoms with Crippen LogP contribution in [0.15, 0.2) is 30.3 Å². The van der Waals surface area contributed by atoms with Gasteiger partial charge in [-0.2, -0.15) is 0 Å². The van der Waals surface area contributed by atoms with E-state index < -0.39 is 21.4 Å². The number of non-ortho nitro benzene ring substituents is 1. The maximum Gasteiger partial charge on any atom is 0.327 e. The molecule has 1 aliphatic heterocycles. The molecule has 1 aliphatic rings. The van der Waals surface area contributed by atoms with Gasteiger partial charge in [0.1, 0.15) is 5.56 Å². The van der Waals surface area contributed by atoms with Crippen LogP contribution in [-0.2, 0) is 0 Å². The number of nitro benzene ring substituents is 2. The van der Waals surface area contributed by atoms with E-state index in [1.165, 1.54) is 44.4 Å². The summed E-state index contributed by atoms with van der Waals surface area (Å²) in [6.45, 7) is 1.54. The van der Waals surface area contributed by atoms with Crippen LogP contribution in [0.5, 0.6) is 17.2 Å². The zero-order valence-corrected chi connectivity index (χ0v) is 17.8. The van der Waals surface area contributed by atoms with Crippen molar-refractivity contribution in [1.82, 2.24) is 4.90 Å². The van der Waals surface area contributed by atoms with E-state index in [0.717, 1.165) is 5.69 Å². The topological polar surface area (TPSA) is 138 Å². The highest BCUT2D eigenvalue weighted by atomic mass is 16.6. The maximum absolute atomic E-state index is 13.2. The molecule has 0 aromatic heterocycles. The van der Waals surface area contributed by atoms with Gasteiger partial charge in [0.25, 0.3) is 11.6 Å². The fourth-order valence-electron chi connectivity index (χ4n) is 3.61. The molecule has 0 aliphatic carbocycles. The van der Waals surface area contributed by atoms with Crippen molar-refractivity contribution >= 4 is 23.0 Å². The fraction of sp³-hybridized carbons (Fsp3) is 0.350. The van der Waals surface area contributed by atoms with Crippen LogP contribution in [0.25, 0.3) is 0 Å². The number of nitro groups is 2. The van der Waals surface area contributed by atoms with Gasteiger partial charge in [-0.05, 0) is 12.1 Å². The van der Waals surface area contributed by atoms with Crippen molar-refractivity contribution in [2.24, 2.45) is 0 Å². The minimum absolute atomic E-state index is 0.00252. The molecule has 0 atom stereocenters. The third-order valence-corrected chi connectivity index (χ3v) is 5.21. The van der Waals surface area contributed by atoms with E-state index in [1.54, 1.807) is 12.1 Å². The number of ether oxygens (including phenoxy) is 3. The summed E-state index contributed by atoms with van der Waals surface area (Å²) in [4.78, 5) is 38.1. The quantitative estimate of drug-likeness (QED) is 0.464. The molecule has 0 unspecified atom stereocenters. The number of rotatable bonds is 7. The van der Waals surface area contributed by atoms with E-state index in [2.05, 4.69) is 0 Å². The summed E-state index contributed by atoms with van der Waals surface area (Å²) in [5.41, 5.74) is 0.139. The minimum Gasteiger partial charge on any atom is -0.493 e. The first kappa shape index (κ1) is 22.6. The molecule has 0 spiro atoms. The first-order valence-corrected chi connectivity index (χ1v) is 9.58. The van der Waals surface area contributed by atoms with E-state index in [9.17, 15) is 25.0 Å². The summed E-state index contributed by atoms with van der Waals surface area (Å²) in [5.74, 6) is -0.548. The second kappa shape index (κ2) is 9.37. The van der Waals surface area contributed by atoms with Crippen molar-refractivity contribution < 1.29 is 28.9 Å². The molecule has 0 N–H and O–H groups in total. The van der Waals surface area contributed by atoms with Gasteiger partial charge in [-0.15, -0.1) is 0 Å². The van der Waals surface area contributed by atoms with Crippen molar-refractivity contribution in [2.45, 2.75) is 0 Å². The van der Waals surface area contributed by atoms with Crippen molar-refractivity contribution in [3.63, 3.8) is 0 Å². The Bertz CT molecular complexity index is 1030. The number of methoxy groups -OCH3 is 3. The average Bonchev–Trinajstić information content (AvgIpc) is 2.82. The van der Waals surface area contributed by atoms with Gasteiger partial charge in [0, 0.05) is 50.1 Å². The predicted octanol–water partition coefficient (Wildman–Crippen LogP) is 2.49. The van der Waals surface area contributed by atoms with Crippen LogP contribution in [0.2, 0.25) is 0 Å². The molecule has 1 fully saturated rings. The molecule has 3 rings (SSSR count). The smallest absolute Gasteiger partial charge is 0.327 e. The summed E-state index contributed by atoms with van der Waals surface area (Å²) in [6.07, 6.45) is 0. The molecule has 1 amide bonds. The maximum atomic E-state index is 13.2. The van der Waals surface area contributed by atoms with Gasteiger partial charge in [-0.25, -0.2) is 0 Å². The standard InChI is InChI=1S/C20H22N4O8/c1-30-16-12-15(17(24(28)29)19(32-3)18(16)31-2)20(25)22-10-8-21(9-11-22)13-4-6-14(7-5-13)23(26)27/h4-7,12H,8-11H2,1-3H3. The number of carbonyl (C=O) groups excluding carboxylic acids is 1. The molecule has 0 saturated carbocycles. The number of piperazine rings is 1. The number of amides is 1. The van der Waals surface area contributed by atoms with Crippen LogP contribution in [0, 0.1) is 20.2 Å². The van der Waals surface area contributed by atoms with Gasteiger partial charge < -0.3 is 24.0 Å². The highest BCUT2D eigenvalue weighted by Crippen LogP contribution is 2.46. The number of carbonyl (C=O) groups is 1. The Balaban J connectivity index is 1.84. The summed E-state index contributed by atoms with van der Waals surface area (Å²) < 4.78 is 15.6. The Morgan fingerprint density at radius 3 is 1.94 bits per heavy atom. The Labute approximate surface area is 183 Å². The first-order valence-electron chi connectivity index (χ1n) is 9.58. The van der Waals surface area contributed by atoms with Crippen molar-refractivity contribution in [2.75, 3.05) is 52.4 Å². The molecular weight excluding hydrogens is 424 g/mol. The van der Waals surface area contributed by atoms with Crippen LogP contribution in [-0.4, -0.2) is 68.2 Å². The van der Waals surface area contributed by atoms with E-state index in [-0.39, 0.29) is 28.5 Å². The summed E-state index contributed by atoms with van der Waals surface area (Å²) in [5, 5.41) is 22.6. The molecule has 1 heterocycles. The van der Waals surface area contributed by atoms with E-state index in [4.69, 9.17) is 14.2 Å². The lowest BCUT2D eigenvalue weighted by molar-refractivity contribution is -0.386. The molecule has 1 saturated heterocycles. The molecule has 32 heavy (non-hydrogen) atoms. The monoisotopic (exact) mass is 446 g/mol. The lowest BCUT2D eigenvalue weighted by atomic mass is 10.1. The minimum atomic E-state index is -0.679. The zero-order valence-electron chi connectivity index (χ0n) is 17.8. The predicted molar refractivity (Wildman–Crippen MR) is 114 cm³/mol. The largest absolute Gasteiger partial charge is 0.493 e. The van der Waals surface area contributed by atoms with Gasteiger partial charge in [-0.3, -0.25) is 25.0 Å². The van der Waals surface area contributed by atoms with Gasteiger partial charge >= 0.3 is 5.69 Å². The van der Waals surface area contributed by atoms with Gasteiger partial charge in [0.15, 0.2) is 5.75 Å². The first-order chi connectivity index (χ1) is 15.3. The van der Waals surface area contributed by atoms with Crippen LogP contribution in [0.4, 0.5) is 17.1 Å². The molecular formula is C20H22N4O8. The second-order valence-electron chi connectivity index (χ2n) is 6.85. The number of benzene rings is 2. The highest BCUT2D eigenvalue weighted by molar-refractivity contribution is 6.00. The summed E-state index contributed by atoms with van der Waals surface area (Å²) >= 11 is 0. The van der Waals surface area contributed by atoms with E-state index in [1.807, 2.05) is 4.90 Å². The van der Waals surface area contributed by atoms with Gasteiger partial charge in [0.05, 0.1) is 31.2 Å². The van der Waals surface area contributed by atoms with E-state index >= 15 is 0 Å². The summed E-state index contributed by atoms with van der Waals surface area (Å²) in [6, 6.07) is 7.43. The third kappa shape index (κ3) is 4.19. The molecule has 170 valence electrons. The lowest BCUT2D eigenvalue weighted by Crippen LogP contribution is -2.48. The SMILES string of the molecule is COc1cc(C(=O)N2CCN(c3ccc([N+](=O)[O-])cc3)CC2)c([N+](=O)[O-])c(OC)c1OC. The van der Waals surface area contributed by atoms with Gasteiger partial charge in [0.2, 0.25) is 11.5 Å². The molecule has 2 aromatic rings. The Kier molecular flexibility index (Phi) is 6.61. The van der Waals surface area contributed by atoms with Crippen molar-refractivity contribution in [3.05, 3.63) is 56.1 Å². The number of hydrogen-bond donors (Lipinski definition) is 0. The number of hydrogen-bond acceptors (Lipinski definition) is 9. The Morgan fingerprint density at radius 1 is 0.875 bits per heavy atom. The third-order valence-electron chi connectivity index (χ3n) is 5.21. The van der Waals surface area contributed by atoms with Crippen molar-refractivity contribution in [3.8, 4) is 17.2 Å². The highest BCUT2D eigenvalue weighted by Gasteiger charge is 2.35. The van der Waals surface area contributed by atoms with Crippen LogP contribution in [0.1, 0.15) is 10.4 Å². The Morgan fingerprint density at radius 2 is 1.47 bits per heavy atom. The molecule has 2 aromatic carbocycles. The zero-order chi connectivity index (χ0) is 23.4. The number of nitrogens with zero attached hydrogens (tertiary/aromatic N) is 4. The van der Waals surface area contributed by atoms with Crippen LogP contribution in [0.3, 0.4) is 0 Å². The van der Waals surface area contributed by atoms with E-state index in [0.29, 0.717) is 26.2 Å². The molecule has 12 heteroatoms. The fourth-order valence-corrected chi connectivity index (χ4v) is 3.61. The normalized spacial score (nSPS) is 13.5.